The molecule has 4 heteroatoms. The molecule has 0 aromatic rings. The first kappa shape index (κ1) is 17.2. The Morgan fingerprint density at radius 1 is 1.00 bits per heavy atom. The van der Waals surface area contributed by atoms with Crippen LogP contribution in [0, 0.1) is 0 Å². The molecule has 0 rings (SSSR count). The number of rotatable bonds is 12. The van der Waals surface area contributed by atoms with E-state index < -0.39 is 7.37 Å². The number of hydrogen-bond acceptors (Lipinski definition) is 3. The van der Waals surface area contributed by atoms with Crippen molar-refractivity contribution in [2.45, 2.75) is 52.4 Å². The lowest BCUT2D eigenvalue weighted by atomic mass is 10.2. The van der Waals surface area contributed by atoms with Crippen molar-refractivity contribution in [3.8, 4) is 0 Å². The van der Waals surface area contributed by atoms with E-state index in [1.165, 1.54) is 25.7 Å². The molecule has 0 aromatic heterocycles. The van der Waals surface area contributed by atoms with Crippen LogP contribution in [0.1, 0.15) is 52.4 Å². The van der Waals surface area contributed by atoms with Crippen molar-refractivity contribution in [2.75, 3.05) is 32.5 Å². The lowest BCUT2D eigenvalue weighted by Crippen LogP contribution is -2.20. The molecule has 0 aliphatic rings. The summed E-state index contributed by atoms with van der Waals surface area (Å²) in [6.07, 6.45) is 7.81. The first-order valence-corrected chi connectivity index (χ1v) is 9.30. The summed E-state index contributed by atoms with van der Waals surface area (Å²) in [6.45, 7) is 8.55. The lowest BCUT2D eigenvalue weighted by molar-refractivity contribution is 0.312. The van der Waals surface area contributed by atoms with Crippen molar-refractivity contribution in [3.63, 3.8) is 0 Å². The second-order valence-electron chi connectivity index (χ2n) is 4.74. The van der Waals surface area contributed by atoms with Gasteiger partial charge in [-0.25, -0.2) is 0 Å². The molecule has 0 aliphatic carbocycles. The summed E-state index contributed by atoms with van der Waals surface area (Å²) in [5, 5.41) is 3.31. The molecular formula is C13H30NO2P. The van der Waals surface area contributed by atoms with Crippen LogP contribution in [0.25, 0.3) is 0 Å². The van der Waals surface area contributed by atoms with Gasteiger partial charge < -0.3 is 9.84 Å². The fraction of sp³-hybridized carbons (Fsp3) is 1.00. The number of hydrogen-bond donors (Lipinski definition) is 1. The SMILES string of the molecule is CCCCCNCCOP(C)(=O)CCCCC. The Bertz CT molecular complexity index is 210. The largest absolute Gasteiger partial charge is 0.327 e. The van der Waals surface area contributed by atoms with E-state index in [2.05, 4.69) is 19.2 Å². The van der Waals surface area contributed by atoms with Crippen LogP contribution >= 0.6 is 7.37 Å². The molecule has 0 saturated heterocycles. The molecule has 0 bridgehead atoms. The van der Waals surface area contributed by atoms with Gasteiger partial charge in [-0.2, -0.15) is 0 Å². The highest BCUT2D eigenvalue weighted by atomic mass is 31.2. The van der Waals surface area contributed by atoms with Crippen LogP contribution in [0.15, 0.2) is 0 Å². The van der Waals surface area contributed by atoms with E-state index in [1.807, 2.05) is 0 Å². The first-order valence-electron chi connectivity index (χ1n) is 7.04. The van der Waals surface area contributed by atoms with Gasteiger partial charge in [0.2, 0.25) is 0 Å². The van der Waals surface area contributed by atoms with E-state index in [0.717, 1.165) is 32.1 Å². The highest BCUT2D eigenvalue weighted by Gasteiger charge is 2.14. The third-order valence-electron chi connectivity index (χ3n) is 2.77. The van der Waals surface area contributed by atoms with E-state index in [1.54, 1.807) is 6.66 Å². The maximum Gasteiger partial charge on any atom is 0.200 e. The molecule has 0 heterocycles. The summed E-state index contributed by atoms with van der Waals surface area (Å²) in [4.78, 5) is 0. The molecule has 0 amide bonds. The quantitative estimate of drug-likeness (QED) is 0.429. The molecule has 0 radical (unpaired) electrons. The average molecular weight is 263 g/mol. The fourth-order valence-electron chi connectivity index (χ4n) is 1.65. The maximum atomic E-state index is 12.0. The lowest BCUT2D eigenvalue weighted by Gasteiger charge is -2.13. The Morgan fingerprint density at radius 2 is 1.65 bits per heavy atom. The molecule has 1 unspecified atom stereocenters. The summed E-state index contributed by atoms with van der Waals surface area (Å²) >= 11 is 0. The van der Waals surface area contributed by atoms with E-state index in [9.17, 15) is 4.57 Å². The molecule has 0 aliphatic heterocycles. The Labute approximate surface area is 107 Å². The molecule has 104 valence electrons. The van der Waals surface area contributed by atoms with E-state index in [0.29, 0.717) is 6.61 Å². The third kappa shape index (κ3) is 12.4. The van der Waals surface area contributed by atoms with Gasteiger partial charge in [0.25, 0.3) is 0 Å². The molecule has 0 spiro atoms. The van der Waals surface area contributed by atoms with Crippen molar-refractivity contribution < 1.29 is 9.09 Å². The van der Waals surface area contributed by atoms with Crippen LogP contribution in [0.5, 0.6) is 0 Å². The predicted octanol–water partition coefficient (Wildman–Crippen LogP) is 3.88. The van der Waals surface area contributed by atoms with Gasteiger partial charge in [0.15, 0.2) is 7.37 Å². The van der Waals surface area contributed by atoms with Gasteiger partial charge in [-0.15, -0.1) is 0 Å². The predicted molar refractivity (Wildman–Crippen MR) is 76.3 cm³/mol. The van der Waals surface area contributed by atoms with Gasteiger partial charge in [-0.1, -0.05) is 39.5 Å². The van der Waals surface area contributed by atoms with E-state index in [-0.39, 0.29) is 0 Å². The second kappa shape index (κ2) is 11.3. The Hall–Kier alpha value is 0.150. The molecule has 0 aromatic carbocycles. The molecular weight excluding hydrogens is 233 g/mol. The molecule has 17 heavy (non-hydrogen) atoms. The molecule has 0 fully saturated rings. The minimum absolute atomic E-state index is 0.575. The Kier molecular flexibility index (Phi) is 11.4. The highest BCUT2D eigenvalue weighted by molar-refractivity contribution is 7.58. The van der Waals surface area contributed by atoms with Gasteiger partial charge in [0, 0.05) is 19.4 Å². The maximum absolute atomic E-state index is 12.0. The van der Waals surface area contributed by atoms with Crippen molar-refractivity contribution >= 4 is 7.37 Å². The average Bonchev–Trinajstić information content (AvgIpc) is 2.28. The number of nitrogens with one attached hydrogen (secondary N) is 1. The van der Waals surface area contributed by atoms with Crippen molar-refractivity contribution in [3.05, 3.63) is 0 Å². The molecule has 1 N–H and O–H groups in total. The molecule has 3 nitrogen and oxygen atoms in total. The third-order valence-corrected chi connectivity index (χ3v) is 4.63. The smallest absolute Gasteiger partial charge is 0.200 e. The zero-order chi connectivity index (χ0) is 13.0. The summed E-state index contributed by atoms with van der Waals surface area (Å²) < 4.78 is 17.4. The molecule has 0 saturated carbocycles. The Balaban J connectivity index is 3.36. The van der Waals surface area contributed by atoms with Crippen molar-refractivity contribution in [1.82, 2.24) is 5.32 Å². The monoisotopic (exact) mass is 263 g/mol. The number of unbranched alkanes of at least 4 members (excludes halogenated alkanes) is 4. The van der Waals surface area contributed by atoms with E-state index in [4.69, 9.17) is 4.52 Å². The zero-order valence-electron chi connectivity index (χ0n) is 11.8. The Morgan fingerprint density at radius 3 is 2.29 bits per heavy atom. The topological polar surface area (TPSA) is 38.3 Å². The summed E-state index contributed by atoms with van der Waals surface area (Å²) in [6, 6.07) is 0. The standard InChI is InChI=1S/C13H30NO2P/c1-4-6-8-10-14-11-12-16-17(3,15)13-9-7-5-2/h14H,4-13H2,1-3H3. The van der Waals surface area contributed by atoms with Crippen LogP contribution in [0.2, 0.25) is 0 Å². The van der Waals surface area contributed by atoms with E-state index >= 15 is 0 Å². The van der Waals surface area contributed by atoms with Crippen LogP contribution in [-0.2, 0) is 9.09 Å². The minimum Gasteiger partial charge on any atom is -0.327 e. The minimum atomic E-state index is -2.32. The van der Waals surface area contributed by atoms with Crippen molar-refractivity contribution in [2.24, 2.45) is 0 Å². The van der Waals surface area contributed by atoms with Crippen molar-refractivity contribution in [1.29, 1.82) is 0 Å². The zero-order valence-corrected chi connectivity index (χ0v) is 12.7. The molecule has 1 atom stereocenters. The van der Waals surface area contributed by atoms with Gasteiger partial charge in [-0.3, -0.25) is 4.57 Å². The van der Waals surface area contributed by atoms with Gasteiger partial charge in [0.1, 0.15) is 0 Å². The van der Waals surface area contributed by atoms with Crippen LogP contribution in [-0.4, -0.2) is 32.5 Å². The van der Waals surface area contributed by atoms with Gasteiger partial charge >= 0.3 is 0 Å². The van der Waals surface area contributed by atoms with Crippen LogP contribution in [0.3, 0.4) is 0 Å². The van der Waals surface area contributed by atoms with Gasteiger partial charge in [0.05, 0.1) is 6.61 Å². The normalized spacial score (nSPS) is 14.8. The summed E-state index contributed by atoms with van der Waals surface area (Å²) in [7, 11) is -2.32. The van der Waals surface area contributed by atoms with Crippen LogP contribution < -0.4 is 5.32 Å². The van der Waals surface area contributed by atoms with Gasteiger partial charge in [-0.05, 0) is 19.4 Å². The first-order chi connectivity index (χ1) is 8.12. The highest BCUT2D eigenvalue weighted by Crippen LogP contribution is 2.43. The summed E-state index contributed by atoms with van der Waals surface area (Å²) in [5.41, 5.74) is 0. The fourth-order valence-corrected chi connectivity index (χ4v) is 3.05. The van der Waals surface area contributed by atoms with Crippen LogP contribution in [0.4, 0.5) is 0 Å². The summed E-state index contributed by atoms with van der Waals surface area (Å²) in [5.74, 6) is 0. The second-order valence-corrected chi connectivity index (χ2v) is 7.47.